The Labute approximate surface area is 125 Å². The van der Waals surface area contributed by atoms with Gasteiger partial charge in [0.25, 0.3) is 0 Å². The summed E-state index contributed by atoms with van der Waals surface area (Å²) in [4.78, 5) is 0. The fourth-order valence-corrected chi connectivity index (χ4v) is 2.20. The average molecular weight is 291 g/mol. The van der Waals surface area contributed by atoms with Gasteiger partial charge in [-0.15, -0.1) is 0 Å². The first-order valence-electron chi connectivity index (χ1n) is 6.68. The molecule has 0 fully saturated rings. The van der Waals surface area contributed by atoms with Gasteiger partial charge in [-0.3, -0.25) is 0 Å². The van der Waals surface area contributed by atoms with Crippen molar-refractivity contribution in [3.05, 3.63) is 64.2 Å². The van der Waals surface area contributed by atoms with Crippen LogP contribution in [0.3, 0.4) is 0 Å². The first-order chi connectivity index (χ1) is 9.49. The monoisotopic (exact) mass is 290 g/mol. The molecule has 0 radical (unpaired) electrons. The third-order valence-corrected chi connectivity index (χ3v) is 3.50. The van der Waals surface area contributed by atoms with E-state index in [1.54, 1.807) is 6.07 Å². The van der Waals surface area contributed by atoms with Crippen LogP contribution < -0.4 is 4.74 Å². The Balaban J connectivity index is 2.37. The average Bonchev–Trinajstić information content (AvgIpc) is 2.41. The standard InChI is InChI=1S/C17H19ClO2/c1-11(2)20-16-7-5-4-6-14(16)17(19)13-8-9-15(18)12(3)10-13/h4-11,17,19H,1-3H3. The molecule has 0 saturated heterocycles. The van der Waals surface area contributed by atoms with Crippen molar-refractivity contribution in [2.75, 3.05) is 0 Å². The van der Waals surface area contributed by atoms with E-state index in [0.717, 1.165) is 16.7 Å². The number of aliphatic hydroxyl groups excluding tert-OH is 1. The number of aliphatic hydroxyl groups is 1. The second-order valence-electron chi connectivity index (χ2n) is 5.12. The summed E-state index contributed by atoms with van der Waals surface area (Å²) in [5, 5.41) is 11.3. The van der Waals surface area contributed by atoms with Gasteiger partial charge in [-0.05, 0) is 44.0 Å². The highest BCUT2D eigenvalue weighted by molar-refractivity contribution is 6.31. The highest BCUT2D eigenvalue weighted by atomic mass is 35.5. The van der Waals surface area contributed by atoms with Crippen LogP contribution in [0, 0.1) is 6.92 Å². The van der Waals surface area contributed by atoms with Crippen molar-refractivity contribution in [3.63, 3.8) is 0 Å². The molecule has 106 valence electrons. The summed E-state index contributed by atoms with van der Waals surface area (Å²) in [7, 11) is 0. The van der Waals surface area contributed by atoms with Crippen LogP contribution in [-0.4, -0.2) is 11.2 Å². The second kappa shape index (κ2) is 6.29. The maximum absolute atomic E-state index is 10.6. The topological polar surface area (TPSA) is 29.5 Å². The first kappa shape index (κ1) is 14.9. The molecule has 0 aliphatic carbocycles. The second-order valence-corrected chi connectivity index (χ2v) is 5.52. The molecule has 1 atom stereocenters. The molecule has 1 N–H and O–H groups in total. The van der Waals surface area contributed by atoms with E-state index < -0.39 is 6.10 Å². The molecule has 0 saturated carbocycles. The number of aryl methyl sites for hydroxylation is 1. The van der Waals surface area contributed by atoms with Crippen molar-refractivity contribution >= 4 is 11.6 Å². The van der Waals surface area contributed by atoms with Gasteiger partial charge in [-0.2, -0.15) is 0 Å². The van der Waals surface area contributed by atoms with Gasteiger partial charge in [0.05, 0.1) is 6.10 Å². The van der Waals surface area contributed by atoms with Crippen molar-refractivity contribution < 1.29 is 9.84 Å². The van der Waals surface area contributed by atoms with Gasteiger partial charge >= 0.3 is 0 Å². The summed E-state index contributed by atoms with van der Waals surface area (Å²) in [5.74, 6) is 0.711. The minimum absolute atomic E-state index is 0.0651. The van der Waals surface area contributed by atoms with Crippen LogP contribution in [-0.2, 0) is 0 Å². The van der Waals surface area contributed by atoms with E-state index >= 15 is 0 Å². The molecule has 0 spiro atoms. The quantitative estimate of drug-likeness (QED) is 0.897. The molecule has 0 heterocycles. The van der Waals surface area contributed by atoms with E-state index in [-0.39, 0.29) is 6.10 Å². The number of para-hydroxylation sites is 1. The smallest absolute Gasteiger partial charge is 0.125 e. The predicted octanol–water partition coefficient (Wildman–Crippen LogP) is 4.52. The van der Waals surface area contributed by atoms with E-state index in [1.165, 1.54) is 0 Å². The molecule has 0 bridgehead atoms. The lowest BCUT2D eigenvalue weighted by molar-refractivity contribution is 0.198. The Morgan fingerprint density at radius 1 is 1.10 bits per heavy atom. The Hall–Kier alpha value is -1.51. The fraction of sp³-hybridized carbons (Fsp3) is 0.294. The Bertz CT molecular complexity index is 593. The maximum Gasteiger partial charge on any atom is 0.125 e. The van der Waals surface area contributed by atoms with E-state index in [1.807, 2.05) is 57.2 Å². The lowest BCUT2D eigenvalue weighted by Gasteiger charge is -2.18. The number of halogens is 1. The lowest BCUT2D eigenvalue weighted by atomic mass is 9.99. The summed E-state index contributed by atoms with van der Waals surface area (Å²) < 4.78 is 5.76. The normalized spacial score (nSPS) is 12.5. The Kier molecular flexibility index (Phi) is 4.69. The van der Waals surface area contributed by atoms with Gasteiger partial charge in [0.1, 0.15) is 11.9 Å². The molecular formula is C17H19ClO2. The third-order valence-electron chi connectivity index (χ3n) is 3.07. The molecule has 1 unspecified atom stereocenters. The van der Waals surface area contributed by atoms with Gasteiger partial charge in [0.15, 0.2) is 0 Å². The molecule has 2 aromatic rings. The van der Waals surface area contributed by atoms with E-state index in [4.69, 9.17) is 16.3 Å². The van der Waals surface area contributed by atoms with Crippen LogP contribution in [0.15, 0.2) is 42.5 Å². The predicted molar refractivity (Wildman–Crippen MR) is 82.5 cm³/mol. The van der Waals surface area contributed by atoms with Crippen LogP contribution in [0.1, 0.15) is 36.6 Å². The largest absolute Gasteiger partial charge is 0.491 e. The van der Waals surface area contributed by atoms with Crippen molar-refractivity contribution in [1.82, 2.24) is 0 Å². The summed E-state index contributed by atoms with van der Waals surface area (Å²) in [6.45, 7) is 5.86. The third kappa shape index (κ3) is 3.33. The number of hydrogen-bond donors (Lipinski definition) is 1. The molecule has 2 nitrogen and oxygen atoms in total. The van der Waals surface area contributed by atoms with Gasteiger partial charge in [-0.25, -0.2) is 0 Å². The molecule has 3 heteroatoms. The van der Waals surface area contributed by atoms with E-state index in [2.05, 4.69) is 0 Å². The van der Waals surface area contributed by atoms with E-state index in [9.17, 15) is 5.11 Å². The fourth-order valence-electron chi connectivity index (χ4n) is 2.09. The van der Waals surface area contributed by atoms with Gasteiger partial charge < -0.3 is 9.84 Å². The minimum atomic E-state index is -0.721. The number of hydrogen-bond acceptors (Lipinski definition) is 2. The highest BCUT2D eigenvalue weighted by Crippen LogP contribution is 2.31. The molecule has 0 aromatic heterocycles. The zero-order valence-electron chi connectivity index (χ0n) is 11.9. The molecule has 0 amide bonds. The zero-order chi connectivity index (χ0) is 14.7. The number of rotatable bonds is 4. The van der Waals surface area contributed by atoms with Crippen molar-refractivity contribution in [3.8, 4) is 5.75 Å². The van der Waals surface area contributed by atoms with Crippen LogP contribution in [0.5, 0.6) is 5.75 Å². The summed E-state index contributed by atoms with van der Waals surface area (Å²) in [6, 6.07) is 13.1. The highest BCUT2D eigenvalue weighted by Gasteiger charge is 2.16. The summed E-state index contributed by atoms with van der Waals surface area (Å²) >= 11 is 6.03. The minimum Gasteiger partial charge on any atom is -0.491 e. The van der Waals surface area contributed by atoms with Crippen molar-refractivity contribution in [2.24, 2.45) is 0 Å². The number of ether oxygens (including phenoxy) is 1. The van der Waals surface area contributed by atoms with Gasteiger partial charge in [-0.1, -0.05) is 41.9 Å². The lowest BCUT2D eigenvalue weighted by Crippen LogP contribution is -2.10. The molecule has 0 aliphatic heterocycles. The maximum atomic E-state index is 10.6. The SMILES string of the molecule is Cc1cc(C(O)c2ccccc2OC(C)C)ccc1Cl. The molecule has 0 aliphatic rings. The molecule has 2 rings (SSSR count). The van der Waals surface area contributed by atoms with E-state index in [0.29, 0.717) is 10.8 Å². The van der Waals surface area contributed by atoms with Crippen LogP contribution in [0.2, 0.25) is 5.02 Å². The van der Waals surface area contributed by atoms with Gasteiger partial charge in [0, 0.05) is 10.6 Å². The van der Waals surface area contributed by atoms with Crippen molar-refractivity contribution in [2.45, 2.75) is 33.0 Å². The van der Waals surface area contributed by atoms with Crippen LogP contribution in [0.4, 0.5) is 0 Å². The summed E-state index contributed by atoms with van der Waals surface area (Å²) in [6.07, 6.45) is -0.656. The van der Waals surface area contributed by atoms with Crippen molar-refractivity contribution in [1.29, 1.82) is 0 Å². The number of benzene rings is 2. The van der Waals surface area contributed by atoms with Crippen LogP contribution in [0.25, 0.3) is 0 Å². The molecule has 2 aromatic carbocycles. The van der Waals surface area contributed by atoms with Crippen LogP contribution >= 0.6 is 11.6 Å². The van der Waals surface area contributed by atoms with Gasteiger partial charge in [0.2, 0.25) is 0 Å². The zero-order valence-corrected chi connectivity index (χ0v) is 12.7. The Morgan fingerprint density at radius 2 is 1.80 bits per heavy atom. The Morgan fingerprint density at radius 3 is 2.45 bits per heavy atom. The molecule has 20 heavy (non-hydrogen) atoms. The molecular weight excluding hydrogens is 272 g/mol. The first-order valence-corrected chi connectivity index (χ1v) is 7.06. The summed E-state index contributed by atoms with van der Waals surface area (Å²) in [5.41, 5.74) is 2.53.